The summed E-state index contributed by atoms with van der Waals surface area (Å²) in [5, 5.41) is 13.2. The van der Waals surface area contributed by atoms with E-state index < -0.39 is 24.5 Å². The second-order valence-corrected chi connectivity index (χ2v) is 7.83. The number of hydrogen-bond acceptors (Lipinski definition) is 4. The van der Waals surface area contributed by atoms with E-state index in [1.807, 2.05) is 18.2 Å². The first-order chi connectivity index (χ1) is 12.2. The van der Waals surface area contributed by atoms with Crippen LogP contribution in [0.2, 0.25) is 0 Å². The summed E-state index contributed by atoms with van der Waals surface area (Å²) in [6.07, 6.45) is -2.91. The van der Waals surface area contributed by atoms with Gasteiger partial charge in [-0.1, -0.05) is 30.3 Å². The third-order valence-corrected chi connectivity index (χ3v) is 6.33. The highest BCUT2D eigenvalue weighted by Crippen LogP contribution is 2.48. The lowest BCUT2D eigenvalue weighted by atomic mass is 9.68. The molecule has 0 amide bonds. The molecule has 2 aliphatic rings. The summed E-state index contributed by atoms with van der Waals surface area (Å²) in [4.78, 5) is 3.86. The van der Waals surface area contributed by atoms with Crippen molar-refractivity contribution >= 4 is 0 Å². The number of aliphatic hydroxyl groups is 1. The van der Waals surface area contributed by atoms with Crippen molar-refractivity contribution in [3.8, 4) is 0 Å². The van der Waals surface area contributed by atoms with E-state index in [2.05, 4.69) is 36.4 Å². The lowest BCUT2D eigenvalue weighted by molar-refractivity contribution is -0.149. The van der Waals surface area contributed by atoms with Crippen molar-refractivity contribution in [2.45, 2.75) is 55.7 Å². The zero-order valence-corrected chi connectivity index (χ0v) is 15.4. The van der Waals surface area contributed by atoms with Gasteiger partial charge in [0.2, 0.25) is 0 Å². The third-order valence-electron chi connectivity index (χ3n) is 6.33. The summed E-state index contributed by atoms with van der Waals surface area (Å²) < 4.78 is 38.1. The van der Waals surface area contributed by atoms with Crippen molar-refractivity contribution in [3.05, 3.63) is 35.9 Å². The van der Waals surface area contributed by atoms with Crippen LogP contribution < -0.4 is 5.32 Å². The predicted molar refractivity (Wildman–Crippen MR) is 94.4 cm³/mol. The number of aliphatic hydroxyl groups excluding tert-OH is 1. The molecular formula is C19H28F3N3O. The number of alkyl halides is 3. The summed E-state index contributed by atoms with van der Waals surface area (Å²) in [6, 6.07) is 10.3. The van der Waals surface area contributed by atoms with Crippen LogP contribution in [-0.4, -0.2) is 60.2 Å². The first-order valence-electron chi connectivity index (χ1n) is 9.17. The van der Waals surface area contributed by atoms with Crippen LogP contribution in [0.4, 0.5) is 13.2 Å². The van der Waals surface area contributed by atoms with Gasteiger partial charge < -0.3 is 5.11 Å². The summed E-state index contributed by atoms with van der Waals surface area (Å²) in [7, 11) is 4.13. The zero-order chi connectivity index (χ0) is 19.0. The fraction of sp³-hybridized carbons (Fsp3) is 0.684. The molecule has 1 aromatic rings. The van der Waals surface area contributed by atoms with E-state index in [0.717, 1.165) is 25.7 Å². The van der Waals surface area contributed by atoms with Crippen LogP contribution in [0.5, 0.6) is 0 Å². The normalized spacial score (nSPS) is 33.3. The molecule has 1 atom stereocenters. The molecule has 3 rings (SSSR count). The van der Waals surface area contributed by atoms with Crippen molar-refractivity contribution in [2.75, 3.05) is 27.2 Å². The highest BCUT2D eigenvalue weighted by atomic mass is 19.4. The van der Waals surface area contributed by atoms with Gasteiger partial charge in [-0.3, -0.25) is 15.1 Å². The third kappa shape index (κ3) is 3.63. The maximum Gasteiger partial charge on any atom is 0.390 e. The Balaban J connectivity index is 1.78. The number of nitrogens with one attached hydrogen (secondary N) is 1. The van der Waals surface area contributed by atoms with Gasteiger partial charge in [0.15, 0.2) is 6.35 Å². The maximum atomic E-state index is 12.7. The maximum absolute atomic E-state index is 12.7. The number of nitrogens with zero attached hydrogens (tertiary/aromatic N) is 2. The molecule has 0 aromatic heterocycles. The van der Waals surface area contributed by atoms with Crippen LogP contribution in [0.3, 0.4) is 0 Å². The van der Waals surface area contributed by atoms with Gasteiger partial charge in [-0.25, -0.2) is 0 Å². The topological polar surface area (TPSA) is 38.7 Å². The van der Waals surface area contributed by atoms with Crippen molar-refractivity contribution < 1.29 is 18.3 Å². The van der Waals surface area contributed by atoms with Crippen LogP contribution in [0.15, 0.2) is 30.3 Å². The molecule has 7 heteroatoms. The molecule has 1 aromatic carbocycles. The number of halogens is 3. The van der Waals surface area contributed by atoms with Crippen molar-refractivity contribution in [2.24, 2.45) is 0 Å². The molecule has 4 nitrogen and oxygen atoms in total. The van der Waals surface area contributed by atoms with Crippen LogP contribution in [0, 0.1) is 0 Å². The van der Waals surface area contributed by atoms with E-state index in [0.29, 0.717) is 6.54 Å². The Morgan fingerprint density at radius 2 is 1.77 bits per heavy atom. The molecular weight excluding hydrogens is 343 g/mol. The minimum Gasteiger partial charge on any atom is -0.365 e. The number of hydrogen-bond donors (Lipinski definition) is 2. The summed E-state index contributed by atoms with van der Waals surface area (Å²) in [5.74, 6) is 0. The molecule has 1 saturated heterocycles. The quantitative estimate of drug-likeness (QED) is 0.854. The number of benzene rings is 1. The van der Waals surface area contributed by atoms with Crippen LogP contribution >= 0.6 is 0 Å². The van der Waals surface area contributed by atoms with Crippen LogP contribution in [0.1, 0.15) is 37.7 Å². The Bertz CT molecular complexity index is 598. The van der Waals surface area contributed by atoms with Crippen LogP contribution in [0.25, 0.3) is 0 Å². The average molecular weight is 371 g/mol. The molecule has 1 heterocycles. The molecule has 146 valence electrons. The molecule has 2 N–H and O–H groups in total. The molecule has 1 unspecified atom stereocenters. The van der Waals surface area contributed by atoms with Gasteiger partial charge in [-0.05, 0) is 45.3 Å². The molecule has 2 fully saturated rings. The van der Waals surface area contributed by atoms with Gasteiger partial charge in [0.05, 0.1) is 6.42 Å². The Morgan fingerprint density at radius 1 is 1.15 bits per heavy atom. The molecule has 0 bridgehead atoms. The summed E-state index contributed by atoms with van der Waals surface area (Å²) in [6.45, 7) is 0.363. The van der Waals surface area contributed by atoms with Crippen molar-refractivity contribution in [1.29, 1.82) is 0 Å². The van der Waals surface area contributed by atoms with E-state index in [9.17, 15) is 18.3 Å². The smallest absolute Gasteiger partial charge is 0.365 e. The van der Waals surface area contributed by atoms with Gasteiger partial charge in [0, 0.05) is 24.2 Å². The fourth-order valence-corrected chi connectivity index (χ4v) is 4.69. The van der Waals surface area contributed by atoms with E-state index >= 15 is 0 Å². The Hall–Kier alpha value is -1.15. The van der Waals surface area contributed by atoms with E-state index in [1.165, 1.54) is 5.56 Å². The Labute approximate surface area is 153 Å². The molecule has 1 aliphatic carbocycles. The molecule has 1 spiro atoms. The van der Waals surface area contributed by atoms with Crippen molar-refractivity contribution in [1.82, 2.24) is 15.1 Å². The monoisotopic (exact) mass is 371 g/mol. The van der Waals surface area contributed by atoms with E-state index in [4.69, 9.17) is 0 Å². The lowest BCUT2D eigenvalue weighted by Gasteiger charge is -2.51. The first kappa shape index (κ1) is 19.6. The van der Waals surface area contributed by atoms with Gasteiger partial charge in [-0.15, -0.1) is 0 Å². The molecule has 0 radical (unpaired) electrons. The van der Waals surface area contributed by atoms with E-state index in [-0.39, 0.29) is 12.1 Å². The average Bonchev–Trinajstić information content (AvgIpc) is 2.90. The Morgan fingerprint density at radius 3 is 2.31 bits per heavy atom. The largest absolute Gasteiger partial charge is 0.390 e. The van der Waals surface area contributed by atoms with Gasteiger partial charge in [0.1, 0.15) is 0 Å². The highest BCUT2D eigenvalue weighted by molar-refractivity contribution is 5.26. The molecule has 26 heavy (non-hydrogen) atoms. The minimum absolute atomic E-state index is 0.115. The first-order valence-corrected chi connectivity index (χ1v) is 9.17. The van der Waals surface area contributed by atoms with Gasteiger partial charge in [0.25, 0.3) is 0 Å². The zero-order valence-electron chi connectivity index (χ0n) is 15.4. The lowest BCUT2D eigenvalue weighted by Crippen LogP contribution is -2.56. The minimum atomic E-state index is -4.21. The SMILES string of the molecule is CN(C)[C@]1(c2ccccc2)CC[C@]2(CC1)CNC(O)N2CCC(F)(F)F. The second-order valence-electron chi connectivity index (χ2n) is 7.83. The second kappa shape index (κ2) is 7.11. The van der Waals surface area contributed by atoms with Gasteiger partial charge in [-0.2, -0.15) is 13.2 Å². The van der Waals surface area contributed by atoms with Crippen LogP contribution in [-0.2, 0) is 5.54 Å². The predicted octanol–water partition coefficient (Wildman–Crippen LogP) is 2.89. The van der Waals surface area contributed by atoms with E-state index in [1.54, 1.807) is 4.90 Å². The summed E-state index contributed by atoms with van der Waals surface area (Å²) in [5.41, 5.74) is 0.725. The highest BCUT2D eigenvalue weighted by Gasteiger charge is 2.52. The standard InChI is InChI=1S/C19H28F3N3O/c1-24(2)18(15-6-4-3-5-7-15)10-8-17(9-11-18)14-23-16(26)25(17)13-12-19(20,21)22/h3-7,16,23,26H,8-14H2,1-2H3/t16?,17-,18+. The van der Waals surface area contributed by atoms with Gasteiger partial charge >= 0.3 is 6.18 Å². The molecule has 1 aliphatic heterocycles. The molecule has 1 saturated carbocycles. The fourth-order valence-electron chi connectivity index (χ4n) is 4.69. The Kier molecular flexibility index (Phi) is 5.36. The summed E-state index contributed by atoms with van der Waals surface area (Å²) >= 11 is 0. The number of rotatable bonds is 4. The van der Waals surface area contributed by atoms with Crippen molar-refractivity contribution in [3.63, 3.8) is 0 Å².